The van der Waals surface area contributed by atoms with Crippen LogP contribution < -0.4 is 0 Å². The van der Waals surface area contributed by atoms with Gasteiger partial charge in [-0.1, -0.05) is 54.4 Å². The molecule has 86 valence electrons. The van der Waals surface area contributed by atoms with Gasteiger partial charge >= 0.3 is 0 Å². The zero-order valence-electron chi connectivity index (χ0n) is 9.74. The van der Waals surface area contributed by atoms with Crippen molar-refractivity contribution in [1.82, 2.24) is 0 Å². The van der Waals surface area contributed by atoms with Gasteiger partial charge in [-0.05, 0) is 34.7 Å². The third-order valence-corrected chi connectivity index (χ3v) is 5.43. The average Bonchev–Trinajstić information content (AvgIpc) is 2.72. The number of benzene rings is 1. The van der Waals surface area contributed by atoms with Gasteiger partial charge in [0, 0.05) is 9.53 Å². The molecule has 1 aromatic heterocycles. The molecule has 0 aliphatic carbocycles. The normalized spacial score (nSPS) is 15.2. The number of halogens is 1. The highest BCUT2D eigenvalue weighted by atomic mass is 79.9. The maximum atomic E-state index is 3.86. The van der Waals surface area contributed by atoms with Crippen LogP contribution in [0, 0.1) is 5.92 Å². The maximum Gasteiger partial charge on any atom is 0.0435 e. The summed E-state index contributed by atoms with van der Waals surface area (Å²) in [5.74, 6) is 0.697. The topological polar surface area (TPSA) is 0 Å². The molecule has 1 aromatic carbocycles. The number of fused-ring (bicyclic) bond motifs is 1. The molecule has 0 radical (unpaired) electrons. The summed E-state index contributed by atoms with van der Waals surface area (Å²) >= 11 is 5.71. The lowest BCUT2D eigenvalue weighted by Gasteiger charge is -2.17. The van der Waals surface area contributed by atoms with Crippen molar-refractivity contribution in [2.24, 2.45) is 5.92 Å². The predicted octanol–water partition coefficient (Wildman–Crippen LogP) is 5.77. The quantitative estimate of drug-likeness (QED) is 0.628. The van der Waals surface area contributed by atoms with Crippen molar-refractivity contribution >= 4 is 37.4 Å². The molecule has 2 rings (SSSR count). The number of alkyl halides is 1. The smallest absolute Gasteiger partial charge is 0.0435 e. The van der Waals surface area contributed by atoms with Crippen LogP contribution in [0.5, 0.6) is 0 Å². The first-order valence-corrected chi connectivity index (χ1v) is 7.63. The molecule has 2 heteroatoms. The zero-order chi connectivity index (χ0) is 11.5. The summed E-state index contributed by atoms with van der Waals surface area (Å²) in [5.41, 5.74) is 1.46. The minimum Gasteiger partial charge on any atom is -0.143 e. The minimum absolute atomic E-state index is 0.489. The van der Waals surface area contributed by atoms with Crippen LogP contribution in [0.2, 0.25) is 0 Å². The Morgan fingerprint density at radius 2 is 2.06 bits per heavy atom. The molecule has 2 atom stereocenters. The largest absolute Gasteiger partial charge is 0.143 e. The van der Waals surface area contributed by atoms with Gasteiger partial charge < -0.3 is 0 Å². The Morgan fingerprint density at radius 1 is 1.31 bits per heavy atom. The Kier molecular flexibility index (Phi) is 4.04. The van der Waals surface area contributed by atoms with E-state index >= 15 is 0 Å². The van der Waals surface area contributed by atoms with Crippen molar-refractivity contribution in [2.75, 3.05) is 0 Å². The summed E-state index contributed by atoms with van der Waals surface area (Å²) in [6.07, 6.45) is 2.53. The Bertz CT molecular complexity index is 460. The Hall–Kier alpha value is -0.340. The van der Waals surface area contributed by atoms with Gasteiger partial charge in [-0.25, -0.2) is 0 Å². The zero-order valence-corrected chi connectivity index (χ0v) is 12.1. The van der Waals surface area contributed by atoms with Gasteiger partial charge in [-0.2, -0.15) is 0 Å². The standard InChI is InChI=1S/C14H17BrS/c1-3-6-10(2)14(15)12-9-16-13-8-5-4-7-11(12)13/h4-5,7-10,14H,3,6H2,1-2H3. The summed E-state index contributed by atoms with van der Waals surface area (Å²) in [6, 6.07) is 8.67. The molecule has 16 heavy (non-hydrogen) atoms. The van der Waals surface area contributed by atoms with Crippen LogP contribution in [0.4, 0.5) is 0 Å². The van der Waals surface area contributed by atoms with E-state index in [4.69, 9.17) is 0 Å². The minimum atomic E-state index is 0.489. The number of hydrogen-bond donors (Lipinski definition) is 0. The highest BCUT2D eigenvalue weighted by Gasteiger charge is 2.18. The van der Waals surface area contributed by atoms with Crippen LogP contribution >= 0.6 is 27.3 Å². The summed E-state index contributed by atoms with van der Waals surface area (Å²) in [6.45, 7) is 4.58. The van der Waals surface area contributed by atoms with E-state index in [1.165, 1.54) is 28.5 Å². The second kappa shape index (κ2) is 5.33. The Morgan fingerprint density at radius 3 is 2.81 bits per heavy atom. The molecule has 0 bridgehead atoms. The first-order valence-electron chi connectivity index (χ1n) is 5.84. The SMILES string of the molecule is CCCC(C)C(Br)c1csc2ccccc12. The third kappa shape index (κ3) is 2.33. The first-order chi connectivity index (χ1) is 7.74. The summed E-state index contributed by atoms with van der Waals surface area (Å²) in [7, 11) is 0. The number of thiophene rings is 1. The molecule has 0 nitrogen and oxygen atoms in total. The average molecular weight is 297 g/mol. The highest BCUT2D eigenvalue weighted by Crippen LogP contribution is 2.40. The molecule has 0 spiro atoms. The van der Waals surface area contributed by atoms with E-state index in [1.807, 2.05) is 11.3 Å². The van der Waals surface area contributed by atoms with Gasteiger partial charge in [0.05, 0.1) is 0 Å². The maximum absolute atomic E-state index is 3.86. The van der Waals surface area contributed by atoms with Gasteiger partial charge in [-0.3, -0.25) is 0 Å². The fraction of sp³-hybridized carbons (Fsp3) is 0.429. The molecule has 2 unspecified atom stereocenters. The molecule has 0 aliphatic heterocycles. The van der Waals surface area contributed by atoms with E-state index in [9.17, 15) is 0 Å². The van der Waals surface area contributed by atoms with Gasteiger partial charge in [-0.15, -0.1) is 11.3 Å². The van der Waals surface area contributed by atoms with Crippen molar-refractivity contribution in [3.8, 4) is 0 Å². The van der Waals surface area contributed by atoms with Crippen LogP contribution in [0.1, 0.15) is 37.1 Å². The Labute approximate surface area is 110 Å². The number of rotatable bonds is 4. The fourth-order valence-corrected chi connectivity index (χ4v) is 3.94. The van der Waals surface area contributed by atoms with E-state index in [2.05, 4.69) is 59.4 Å². The highest BCUT2D eigenvalue weighted by molar-refractivity contribution is 9.09. The lowest BCUT2D eigenvalue weighted by atomic mass is 9.96. The van der Waals surface area contributed by atoms with Crippen molar-refractivity contribution in [2.45, 2.75) is 31.5 Å². The van der Waals surface area contributed by atoms with Crippen molar-refractivity contribution in [3.05, 3.63) is 35.2 Å². The summed E-state index contributed by atoms with van der Waals surface area (Å²) in [4.78, 5) is 0.489. The van der Waals surface area contributed by atoms with Crippen LogP contribution in [0.15, 0.2) is 29.6 Å². The lowest BCUT2D eigenvalue weighted by Crippen LogP contribution is -2.02. The molecular formula is C14H17BrS. The first kappa shape index (κ1) is 12.1. The van der Waals surface area contributed by atoms with E-state index in [0.717, 1.165) is 0 Å². The van der Waals surface area contributed by atoms with Gasteiger partial charge in [0.15, 0.2) is 0 Å². The predicted molar refractivity (Wildman–Crippen MR) is 77.6 cm³/mol. The molecule has 0 fully saturated rings. The molecular weight excluding hydrogens is 280 g/mol. The van der Waals surface area contributed by atoms with E-state index < -0.39 is 0 Å². The molecule has 2 aromatic rings. The summed E-state index contributed by atoms with van der Waals surface area (Å²) in [5, 5.41) is 3.72. The fourth-order valence-electron chi connectivity index (χ4n) is 2.12. The van der Waals surface area contributed by atoms with E-state index in [1.54, 1.807) is 0 Å². The molecule has 0 saturated carbocycles. The number of hydrogen-bond acceptors (Lipinski definition) is 1. The Balaban J connectivity index is 2.32. The van der Waals surface area contributed by atoms with Gasteiger partial charge in [0.2, 0.25) is 0 Å². The molecule has 1 heterocycles. The van der Waals surface area contributed by atoms with E-state index in [-0.39, 0.29) is 0 Å². The van der Waals surface area contributed by atoms with Crippen LogP contribution in [-0.4, -0.2) is 0 Å². The van der Waals surface area contributed by atoms with Gasteiger partial charge in [0.25, 0.3) is 0 Å². The van der Waals surface area contributed by atoms with Crippen molar-refractivity contribution < 1.29 is 0 Å². The monoisotopic (exact) mass is 296 g/mol. The third-order valence-electron chi connectivity index (χ3n) is 3.05. The van der Waals surface area contributed by atoms with Crippen molar-refractivity contribution in [1.29, 1.82) is 0 Å². The van der Waals surface area contributed by atoms with Crippen LogP contribution in [0.3, 0.4) is 0 Å². The molecule has 0 aliphatic rings. The second-order valence-electron chi connectivity index (χ2n) is 4.35. The molecule has 0 saturated heterocycles. The van der Waals surface area contributed by atoms with E-state index in [0.29, 0.717) is 10.7 Å². The van der Waals surface area contributed by atoms with Crippen LogP contribution in [0.25, 0.3) is 10.1 Å². The lowest BCUT2D eigenvalue weighted by molar-refractivity contribution is 0.521. The van der Waals surface area contributed by atoms with Crippen LogP contribution in [-0.2, 0) is 0 Å². The molecule has 0 N–H and O–H groups in total. The van der Waals surface area contributed by atoms with Gasteiger partial charge in [0.1, 0.15) is 0 Å². The van der Waals surface area contributed by atoms with Crippen molar-refractivity contribution in [3.63, 3.8) is 0 Å². The molecule has 0 amide bonds. The second-order valence-corrected chi connectivity index (χ2v) is 6.25. The summed E-state index contributed by atoms with van der Waals surface area (Å²) < 4.78 is 1.39.